The molecule has 4 rings (SSSR count). The standard InChI is InChI=1S/C21H24F2N4O2/c1-2-24-21(26-11-14-10-15(22)5-6-16(14)23)25-7-8-27-19(28)17-12-3-4-13(9-12)18(17)20(27)29/h3-6,10,12-13,17-18H,2,7-9,11H2,1H3,(H2,24,25,26). The Hall–Kier alpha value is -2.77. The fraction of sp³-hybridized carbons (Fsp3) is 0.476. The molecule has 2 fully saturated rings. The van der Waals surface area contributed by atoms with Gasteiger partial charge in [0.2, 0.25) is 11.8 Å². The maximum atomic E-state index is 13.8. The number of halogens is 2. The lowest BCUT2D eigenvalue weighted by Crippen LogP contribution is -2.43. The van der Waals surface area contributed by atoms with Crippen molar-refractivity contribution in [2.45, 2.75) is 19.9 Å². The molecule has 8 heteroatoms. The van der Waals surface area contributed by atoms with Gasteiger partial charge in [-0.05, 0) is 43.4 Å². The Balaban J connectivity index is 1.35. The summed E-state index contributed by atoms with van der Waals surface area (Å²) in [4.78, 5) is 31.0. The molecule has 0 aromatic heterocycles. The fourth-order valence-corrected chi connectivity index (χ4v) is 4.64. The summed E-state index contributed by atoms with van der Waals surface area (Å²) in [5.41, 5.74) is 0.155. The van der Waals surface area contributed by atoms with Crippen molar-refractivity contribution in [3.8, 4) is 0 Å². The number of carbonyl (C=O) groups excluding carboxylic acids is 2. The first-order valence-corrected chi connectivity index (χ1v) is 9.99. The summed E-state index contributed by atoms with van der Waals surface area (Å²) in [5, 5.41) is 6.08. The van der Waals surface area contributed by atoms with Crippen LogP contribution in [-0.4, -0.2) is 42.3 Å². The van der Waals surface area contributed by atoms with Gasteiger partial charge in [0.15, 0.2) is 5.96 Å². The number of guanidine groups is 1. The normalized spacial score (nSPS) is 27.7. The molecular formula is C21H24F2N4O2. The van der Waals surface area contributed by atoms with Gasteiger partial charge in [-0.15, -0.1) is 0 Å². The lowest BCUT2D eigenvalue weighted by Gasteiger charge is -2.18. The number of carbonyl (C=O) groups is 2. The molecule has 1 aromatic carbocycles. The molecule has 1 saturated carbocycles. The van der Waals surface area contributed by atoms with Crippen molar-refractivity contribution in [1.29, 1.82) is 0 Å². The molecule has 4 unspecified atom stereocenters. The zero-order valence-electron chi connectivity index (χ0n) is 16.2. The Bertz CT molecular complexity index is 855. The summed E-state index contributed by atoms with van der Waals surface area (Å²) in [5.74, 6) is -0.796. The van der Waals surface area contributed by atoms with Crippen LogP contribution in [0.1, 0.15) is 18.9 Å². The van der Waals surface area contributed by atoms with Gasteiger partial charge in [0, 0.05) is 25.2 Å². The van der Waals surface area contributed by atoms with Crippen LogP contribution >= 0.6 is 0 Å². The van der Waals surface area contributed by atoms with Crippen molar-refractivity contribution in [3.05, 3.63) is 47.5 Å². The highest BCUT2D eigenvalue weighted by Crippen LogP contribution is 2.52. The van der Waals surface area contributed by atoms with E-state index in [-0.39, 0.29) is 54.1 Å². The van der Waals surface area contributed by atoms with Gasteiger partial charge in [-0.2, -0.15) is 0 Å². The van der Waals surface area contributed by atoms with Crippen LogP contribution in [0.5, 0.6) is 0 Å². The molecular weight excluding hydrogens is 378 g/mol. The van der Waals surface area contributed by atoms with E-state index in [2.05, 4.69) is 27.8 Å². The van der Waals surface area contributed by atoms with Gasteiger partial charge >= 0.3 is 0 Å². The minimum absolute atomic E-state index is 0.0281. The number of amides is 2. The molecule has 2 N–H and O–H groups in total. The second kappa shape index (κ2) is 7.93. The minimum atomic E-state index is -0.519. The van der Waals surface area contributed by atoms with Gasteiger partial charge < -0.3 is 10.6 Å². The largest absolute Gasteiger partial charge is 0.357 e. The van der Waals surface area contributed by atoms with E-state index in [4.69, 9.17) is 0 Å². The van der Waals surface area contributed by atoms with Crippen LogP contribution in [0, 0.1) is 35.3 Å². The third-order valence-corrected chi connectivity index (χ3v) is 5.95. The van der Waals surface area contributed by atoms with E-state index in [1.54, 1.807) is 0 Å². The lowest BCUT2D eigenvalue weighted by molar-refractivity contribution is -0.140. The monoisotopic (exact) mass is 402 g/mol. The Kier molecular flexibility index (Phi) is 5.34. The maximum Gasteiger partial charge on any atom is 0.233 e. The van der Waals surface area contributed by atoms with Crippen molar-refractivity contribution in [1.82, 2.24) is 15.5 Å². The van der Waals surface area contributed by atoms with Crippen molar-refractivity contribution < 1.29 is 18.4 Å². The zero-order chi connectivity index (χ0) is 20.5. The first kappa shape index (κ1) is 19.5. The fourth-order valence-electron chi connectivity index (χ4n) is 4.64. The highest BCUT2D eigenvalue weighted by atomic mass is 19.1. The molecule has 1 heterocycles. The molecule has 1 aliphatic heterocycles. The van der Waals surface area contributed by atoms with E-state index in [9.17, 15) is 18.4 Å². The number of rotatable bonds is 6. The van der Waals surface area contributed by atoms with Crippen LogP contribution in [0.4, 0.5) is 8.78 Å². The smallest absolute Gasteiger partial charge is 0.233 e. The number of likely N-dealkylation sites (tertiary alicyclic amines) is 1. The number of benzene rings is 1. The molecule has 29 heavy (non-hydrogen) atoms. The Labute approximate surface area is 168 Å². The van der Waals surface area contributed by atoms with Gasteiger partial charge in [0.25, 0.3) is 0 Å². The molecule has 2 aliphatic carbocycles. The molecule has 0 spiro atoms. The van der Waals surface area contributed by atoms with Crippen LogP contribution < -0.4 is 10.6 Å². The van der Waals surface area contributed by atoms with E-state index in [0.29, 0.717) is 19.0 Å². The highest BCUT2D eigenvalue weighted by molar-refractivity contribution is 6.06. The number of nitrogens with one attached hydrogen (secondary N) is 2. The highest BCUT2D eigenvalue weighted by Gasteiger charge is 2.58. The summed E-state index contributed by atoms with van der Waals surface area (Å²) < 4.78 is 27.1. The van der Waals surface area contributed by atoms with Crippen molar-refractivity contribution >= 4 is 17.8 Å². The summed E-state index contributed by atoms with van der Waals surface area (Å²) in [6.45, 7) is 3.02. The quantitative estimate of drug-likeness (QED) is 0.330. The average Bonchev–Trinajstić information content (AvgIpc) is 3.38. The van der Waals surface area contributed by atoms with E-state index >= 15 is 0 Å². The van der Waals surface area contributed by atoms with Crippen molar-refractivity contribution in [2.75, 3.05) is 19.6 Å². The minimum Gasteiger partial charge on any atom is -0.357 e. The average molecular weight is 402 g/mol. The maximum absolute atomic E-state index is 13.8. The van der Waals surface area contributed by atoms with E-state index in [1.165, 1.54) is 4.90 Å². The van der Waals surface area contributed by atoms with Crippen molar-refractivity contribution in [3.63, 3.8) is 0 Å². The van der Waals surface area contributed by atoms with Gasteiger partial charge in [-0.3, -0.25) is 14.5 Å². The molecule has 6 nitrogen and oxygen atoms in total. The van der Waals surface area contributed by atoms with E-state index < -0.39 is 11.6 Å². The second-order valence-electron chi connectivity index (χ2n) is 7.69. The van der Waals surface area contributed by atoms with Crippen LogP contribution in [0.3, 0.4) is 0 Å². The lowest BCUT2D eigenvalue weighted by atomic mass is 9.85. The van der Waals surface area contributed by atoms with Crippen molar-refractivity contribution in [2.24, 2.45) is 28.7 Å². The first-order valence-electron chi connectivity index (χ1n) is 9.99. The summed E-state index contributed by atoms with van der Waals surface area (Å²) in [6.07, 6.45) is 5.05. The predicted molar refractivity (Wildman–Crippen MR) is 104 cm³/mol. The third-order valence-electron chi connectivity index (χ3n) is 5.95. The third kappa shape index (κ3) is 3.63. The number of allylic oxidation sites excluding steroid dienone is 2. The molecule has 1 aromatic rings. The molecule has 2 amide bonds. The molecule has 4 atom stereocenters. The van der Waals surface area contributed by atoms with Gasteiger partial charge in [-0.25, -0.2) is 13.8 Å². The molecule has 1 saturated heterocycles. The Morgan fingerprint density at radius 2 is 1.83 bits per heavy atom. The summed E-state index contributed by atoms with van der Waals surface area (Å²) >= 11 is 0. The molecule has 3 aliphatic rings. The van der Waals surface area contributed by atoms with Gasteiger partial charge in [0.05, 0.1) is 18.4 Å². The number of fused-ring (bicyclic) bond motifs is 5. The number of hydrogen-bond donors (Lipinski definition) is 2. The van der Waals surface area contributed by atoms with Crippen LogP contribution in [0.25, 0.3) is 0 Å². The van der Waals surface area contributed by atoms with Crippen LogP contribution in [0.15, 0.2) is 35.3 Å². The first-order chi connectivity index (χ1) is 14.0. The Morgan fingerprint density at radius 1 is 1.14 bits per heavy atom. The topological polar surface area (TPSA) is 73.8 Å². The molecule has 154 valence electrons. The number of hydrogen-bond acceptors (Lipinski definition) is 3. The van der Waals surface area contributed by atoms with Gasteiger partial charge in [0.1, 0.15) is 11.6 Å². The Morgan fingerprint density at radius 3 is 2.48 bits per heavy atom. The number of nitrogens with zero attached hydrogens (tertiary/aromatic N) is 2. The number of aliphatic imine (C=N–C) groups is 1. The summed E-state index contributed by atoms with van der Waals surface area (Å²) in [7, 11) is 0. The van der Waals surface area contributed by atoms with E-state index in [1.807, 2.05) is 6.92 Å². The SMILES string of the molecule is CCNC(=NCc1cc(F)ccc1F)NCCN1C(=O)C2C3C=CC(C3)C2C1=O. The van der Waals surface area contributed by atoms with E-state index in [0.717, 1.165) is 24.6 Å². The number of imide groups is 1. The van der Waals surface area contributed by atoms with Crippen LogP contribution in [0.2, 0.25) is 0 Å². The molecule has 2 bridgehead atoms. The van der Waals surface area contributed by atoms with Gasteiger partial charge in [-0.1, -0.05) is 12.2 Å². The zero-order valence-corrected chi connectivity index (χ0v) is 16.2. The second-order valence-corrected chi connectivity index (χ2v) is 7.69. The molecule has 0 radical (unpaired) electrons. The predicted octanol–water partition coefficient (Wildman–Crippen LogP) is 1.83. The van der Waals surface area contributed by atoms with Crippen LogP contribution in [-0.2, 0) is 16.1 Å². The summed E-state index contributed by atoms with van der Waals surface area (Å²) in [6, 6.07) is 3.25.